The summed E-state index contributed by atoms with van der Waals surface area (Å²) in [4.78, 5) is 21.7. The summed E-state index contributed by atoms with van der Waals surface area (Å²) in [6.45, 7) is 4.34. The van der Waals surface area contributed by atoms with Crippen molar-refractivity contribution in [2.24, 2.45) is 0 Å². The zero-order chi connectivity index (χ0) is 22.5. The van der Waals surface area contributed by atoms with Crippen LogP contribution in [0.15, 0.2) is 76.2 Å². The fourth-order valence-electron chi connectivity index (χ4n) is 3.38. The Hall–Kier alpha value is -3.78. The summed E-state index contributed by atoms with van der Waals surface area (Å²) in [6, 6.07) is 17.3. The Morgan fingerprint density at radius 1 is 1.12 bits per heavy atom. The first-order chi connectivity index (χ1) is 15.6. The van der Waals surface area contributed by atoms with E-state index in [1.165, 1.54) is 29.0 Å². The number of halogens is 1. The monoisotopic (exact) mass is 434 g/mol. The fourth-order valence-corrected chi connectivity index (χ4v) is 3.38. The van der Waals surface area contributed by atoms with E-state index in [0.717, 1.165) is 5.56 Å². The maximum absolute atomic E-state index is 13.5. The van der Waals surface area contributed by atoms with Gasteiger partial charge in [0.2, 0.25) is 5.95 Å². The van der Waals surface area contributed by atoms with Crippen molar-refractivity contribution in [1.29, 1.82) is 0 Å². The second-order valence-electron chi connectivity index (χ2n) is 7.15. The van der Waals surface area contributed by atoms with Crippen LogP contribution in [0.25, 0.3) is 22.5 Å². The zero-order valence-electron chi connectivity index (χ0n) is 17.8. The lowest BCUT2D eigenvalue weighted by atomic mass is 10.0. The molecule has 0 saturated heterocycles. The van der Waals surface area contributed by atoms with Crippen LogP contribution >= 0.6 is 0 Å². The number of aromatic nitrogens is 3. The summed E-state index contributed by atoms with van der Waals surface area (Å²) in [7, 11) is 0. The molecular formula is C24H23FN4O3. The summed E-state index contributed by atoms with van der Waals surface area (Å²) in [6.07, 6.45) is 1.61. The molecule has 0 fully saturated rings. The number of nitrogens with zero attached hydrogens (tertiary/aromatic N) is 3. The quantitative estimate of drug-likeness (QED) is 0.426. The van der Waals surface area contributed by atoms with E-state index >= 15 is 0 Å². The van der Waals surface area contributed by atoms with Gasteiger partial charge in [0, 0.05) is 12.8 Å². The van der Waals surface area contributed by atoms with Crippen LogP contribution in [0.5, 0.6) is 0 Å². The smallest absolute Gasteiger partial charge is 0.358 e. The number of ether oxygens (including phenoxy) is 1. The molecule has 7 nitrogen and oxygen atoms in total. The molecule has 1 atom stereocenters. The van der Waals surface area contributed by atoms with Crippen molar-refractivity contribution in [1.82, 2.24) is 14.7 Å². The van der Waals surface area contributed by atoms with Crippen LogP contribution in [0, 0.1) is 5.82 Å². The van der Waals surface area contributed by atoms with Crippen molar-refractivity contribution in [3.63, 3.8) is 0 Å². The Morgan fingerprint density at radius 3 is 2.59 bits per heavy atom. The van der Waals surface area contributed by atoms with Crippen molar-refractivity contribution in [2.45, 2.75) is 26.6 Å². The molecule has 4 aromatic rings. The van der Waals surface area contributed by atoms with Gasteiger partial charge in [-0.05, 0) is 43.2 Å². The second kappa shape index (κ2) is 9.57. The maximum Gasteiger partial charge on any atom is 0.366 e. The molecule has 8 heteroatoms. The van der Waals surface area contributed by atoms with Crippen LogP contribution < -0.4 is 10.9 Å². The molecule has 1 unspecified atom stereocenters. The summed E-state index contributed by atoms with van der Waals surface area (Å²) in [5.74, 6) is 0.0115. The molecule has 32 heavy (non-hydrogen) atoms. The third-order valence-corrected chi connectivity index (χ3v) is 4.97. The standard InChI is InChI=1S/C24H23FN4O3/c1-3-31-15-29-22(21(23(30)32-29)18-9-11-19(25)12-10-18)20-13-14-26-24(28-20)27-16(2)17-7-5-4-6-8-17/h4-14,16H,3,15H2,1-2H3,(H,26,27,28). The molecule has 0 spiro atoms. The lowest BCUT2D eigenvalue weighted by molar-refractivity contribution is 0.0314. The molecule has 0 bridgehead atoms. The number of hydrogen-bond acceptors (Lipinski definition) is 6. The van der Waals surface area contributed by atoms with E-state index in [0.29, 0.717) is 29.5 Å². The van der Waals surface area contributed by atoms with Crippen LogP contribution in [-0.2, 0) is 11.5 Å². The molecule has 0 radical (unpaired) electrons. The summed E-state index contributed by atoms with van der Waals surface area (Å²) < 4.78 is 25.7. The molecule has 0 saturated carbocycles. The van der Waals surface area contributed by atoms with Gasteiger partial charge >= 0.3 is 5.63 Å². The highest BCUT2D eigenvalue weighted by Crippen LogP contribution is 2.30. The Balaban J connectivity index is 1.76. The van der Waals surface area contributed by atoms with Gasteiger partial charge in [0.1, 0.15) is 11.5 Å². The molecule has 0 aliphatic carbocycles. The first kappa shape index (κ1) is 21.5. The molecule has 0 aliphatic heterocycles. The Morgan fingerprint density at radius 2 is 1.88 bits per heavy atom. The minimum Gasteiger partial charge on any atom is -0.358 e. The molecule has 2 aromatic carbocycles. The average Bonchev–Trinajstić information content (AvgIpc) is 3.15. The minimum atomic E-state index is -0.558. The van der Waals surface area contributed by atoms with Crippen molar-refractivity contribution in [3.8, 4) is 22.5 Å². The van der Waals surface area contributed by atoms with Gasteiger partial charge in [-0.1, -0.05) is 42.5 Å². The molecule has 4 rings (SSSR count). The number of benzene rings is 2. The predicted molar refractivity (Wildman–Crippen MR) is 119 cm³/mol. The summed E-state index contributed by atoms with van der Waals surface area (Å²) >= 11 is 0. The number of anilines is 1. The van der Waals surface area contributed by atoms with Crippen LogP contribution in [0.1, 0.15) is 25.5 Å². The van der Waals surface area contributed by atoms with E-state index in [2.05, 4.69) is 15.3 Å². The lowest BCUT2D eigenvalue weighted by Gasteiger charge is -2.15. The van der Waals surface area contributed by atoms with Crippen LogP contribution in [0.4, 0.5) is 10.3 Å². The average molecular weight is 434 g/mol. The highest BCUT2D eigenvalue weighted by atomic mass is 19.1. The largest absolute Gasteiger partial charge is 0.366 e. The Bertz CT molecular complexity index is 1240. The number of rotatable bonds is 8. The van der Waals surface area contributed by atoms with E-state index in [4.69, 9.17) is 9.26 Å². The van der Waals surface area contributed by atoms with Gasteiger partial charge in [-0.25, -0.2) is 19.2 Å². The highest BCUT2D eigenvalue weighted by Gasteiger charge is 2.22. The summed E-state index contributed by atoms with van der Waals surface area (Å²) in [5, 5.41) is 3.28. The maximum atomic E-state index is 13.5. The molecule has 0 aliphatic rings. The van der Waals surface area contributed by atoms with Crippen molar-refractivity contribution >= 4 is 5.95 Å². The molecule has 164 valence electrons. The van der Waals surface area contributed by atoms with Crippen molar-refractivity contribution in [2.75, 3.05) is 11.9 Å². The molecular weight excluding hydrogens is 411 g/mol. The third-order valence-electron chi connectivity index (χ3n) is 4.97. The predicted octanol–water partition coefficient (Wildman–Crippen LogP) is 4.87. The summed E-state index contributed by atoms with van der Waals surface area (Å²) in [5.41, 5.74) is 2.25. The van der Waals surface area contributed by atoms with Crippen molar-refractivity contribution in [3.05, 3.63) is 88.7 Å². The molecule has 2 aromatic heterocycles. The topological polar surface area (TPSA) is 82.2 Å². The van der Waals surface area contributed by atoms with Gasteiger partial charge in [0.05, 0.1) is 17.3 Å². The van der Waals surface area contributed by atoms with Gasteiger partial charge in [0.25, 0.3) is 0 Å². The fraction of sp³-hybridized carbons (Fsp3) is 0.208. The van der Waals surface area contributed by atoms with E-state index < -0.39 is 11.4 Å². The van der Waals surface area contributed by atoms with Gasteiger partial charge in [-0.15, -0.1) is 0 Å². The third kappa shape index (κ3) is 4.60. The minimum absolute atomic E-state index is 0.0296. The van der Waals surface area contributed by atoms with Gasteiger partial charge in [-0.2, -0.15) is 4.74 Å². The number of nitrogens with one attached hydrogen (secondary N) is 1. The molecule has 1 N–H and O–H groups in total. The van der Waals surface area contributed by atoms with E-state index in [9.17, 15) is 9.18 Å². The van der Waals surface area contributed by atoms with Crippen LogP contribution in [-0.4, -0.2) is 21.3 Å². The second-order valence-corrected chi connectivity index (χ2v) is 7.15. The van der Waals surface area contributed by atoms with Crippen LogP contribution in [0.2, 0.25) is 0 Å². The van der Waals surface area contributed by atoms with Crippen molar-refractivity contribution < 1.29 is 13.7 Å². The van der Waals surface area contributed by atoms with Gasteiger partial charge in [-0.3, -0.25) is 0 Å². The van der Waals surface area contributed by atoms with E-state index in [1.807, 2.05) is 44.2 Å². The number of hydrogen-bond donors (Lipinski definition) is 1. The van der Waals surface area contributed by atoms with E-state index in [1.54, 1.807) is 12.3 Å². The van der Waals surface area contributed by atoms with Gasteiger partial charge in [0.15, 0.2) is 6.73 Å². The van der Waals surface area contributed by atoms with E-state index in [-0.39, 0.29) is 18.3 Å². The highest BCUT2D eigenvalue weighted by molar-refractivity contribution is 5.78. The molecule has 0 amide bonds. The zero-order valence-corrected chi connectivity index (χ0v) is 17.8. The Kier molecular flexibility index (Phi) is 6.42. The lowest BCUT2D eigenvalue weighted by Crippen LogP contribution is -2.10. The molecule has 2 heterocycles. The van der Waals surface area contributed by atoms with Gasteiger partial charge < -0.3 is 14.6 Å². The normalized spacial score (nSPS) is 12.0. The SMILES string of the molecule is CCOCn1oc(=O)c(-c2ccc(F)cc2)c1-c1ccnc(NC(C)c2ccccc2)n1. The van der Waals surface area contributed by atoms with Crippen LogP contribution in [0.3, 0.4) is 0 Å². The Labute approximate surface area is 184 Å². The first-order valence-electron chi connectivity index (χ1n) is 10.3. The first-order valence-corrected chi connectivity index (χ1v) is 10.3.